The number of nitrogens with zero attached hydrogens (tertiary/aromatic N) is 2. The van der Waals surface area contributed by atoms with Gasteiger partial charge in [-0.1, -0.05) is 13.3 Å². The molecule has 1 aliphatic heterocycles. The Morgan fingerprint density at radius 2 is 2.26 bits per heavy atom. The molecule has 19 heavy (non-hydrogen) atoms. The maximum Gasteiger partial charge on any atom is 0.230 e. The third-order valence-corrected chi connectivity index (χ3v) is 4.00. The van der Waals surface area contributed by atoms with Gasteiger partial charge in [0.05, 0.1) is 17.9 Å². The third kappa shape index (κ3) is 3.94. The summed E-state index contributed by atoms with van der Waals surface area (Å²) in [4.78, 5) is 14.8. The fourth-order valence-electron chi connectivity index (χ4n) is 3.02. The van der Waals surface area contributed by atoms with Crippen molar-refractivity contribution in [2.45, 2.75) is 58.9 Å². The van der Waals surface area contributed by atoms with Crippen LogP contribution < -0.4 is 5.32 Å². The Kier molecular flexibility index (Phi) is 6.30. The van der Waals surface area contributed by atoms with E-state index >= 15 is 0 Å². The van der Waals surface area contributed by atoms with Crippen molar-refractivity contribution in [1.29, 1.82) is 5.26 Å². The van der Waals surface area contributed by atoms with Gasteiger partial charge in [-0.15, -0.1) is 0 Å². The fourth-order valence-corrected chi connectivity index (χ4v) is 3.02. The van der Waals surface area contributed by atoms with Crippen molar-refractivity contribution in [1.82, 2.24) is 10.2 Å². The number of carbonyl (C=O) groups excluding carboxylic acids is 1. The van der Waals surface area contributed by atoms with Crippen LogP contribution in [0.15, 0.2) is 0 Å². The molecule has 1 aliphatic rings. The Balaban J connectivity index is 2.86. The summed E-state index contributed by atoms with van der Waals surface area (Å²) in [7, 11) is 0. The minimum Gasteiger partial charge on any atom is -0.339 e. The molecule has 4 heteroatoms. The Morgan fingerprint density at radius 1 is 1.53 bits per heavy atom. The minimum absolute atomic E-state index is 0.163. The number of nitriles is 1. The van der Waals surface area contributed by atoms with Gasteiger partial charge >= 0.3 is 0 Å². The lowest BCUT2D eigenvalue weighted by molar-refractivity contribution is -0.145. The molecule has 0 radical (unpaired) electrons. The van der Waals surface area contributed by atoms with E-state index in [2.05, 4.69) is 18.3 Å². The molecule has 1 unspecified atom stereocenters. The van der Waals surface area contributed by atoms with E-state index in [1.165, 1.54) is 0 Å². The Labute approximate surface area is 117 Å². The molecule has 1 atom stereocenters. The molecule has 0 bridgehead atoms. The Hall–Kier alpha value is -1.08. The highest BCUT2D eigenvalue weighted by molar-refractivity contribution is 5.83. The maximum absolute atomic E-state index is 12.9. The van der Waals surface area contributed by atoms with Gasteiger partial charge in [-0.3, -0.25) is 4.79 Å². The van der Waals surface area contributed by atoms with E-state index in [4.69, 9.17) is 5.26 Å². The van der Waals surface area contributed by atoms with Crippen molar-refractivity contribution >= 4 is 5.91 Å². The number of amides is 1. The Morgan fingerprint density at radius 3 is 2.74 bits per heavy atom. The average Bonchev–Trinajstić information content (AvgIpc) is 2.40. The van der Waals surface area contributed by atoms with Crippen LogP contribution in [0.4, 0.5) is 0 Å². The summed E-state index contributed by atoms with van der Waals surface area (Å²) in [5.41, 5.74) is -0.243. The van der Waals surface area contributed by atoms with E-state index in [-0.39, 0.29) is 17.4 Å². The van der Waals surface area contributed by atoms with Crippen molar-refractivity contribution in [3.63, 3.8) is 0 Å². The molecule has 1 amide bonds. The van der Waals surface area contributed by atoms with E-state index in [1.807, 2.05) is 18.7 Å². The molecule has 0 aromatic rings. The summed E-state index contributed by atoms with van der Waals surface area (Å²) in [5.74, 6) is 0.242. The molecule has 0 aromatic carbocycles. The average molecular weight is 265 g/mol. The van der Waals surface area contributed by atoms with Crippen LogP contribution in [-0.4, -0.2) is 36.5 Å². The monoisotopic (exact) mass is 265 g/mol. The summed E-state index contributed by atoms with van der Waals surface area (Å²) >= 11 is 0. The minimum atomic E-state index is -0.243. The molecule has 1 saturated heterocycles. The number of hydrogen-bond acceptors (Lipinski definition) is 3. The first kappa shape index (κ1) is 16.0. The van der Waals surface area contributed by atoms with Crippen molar-refractivity contribution in [2.24, 2.45) is 5.41 Å². The molecule has 1 fully saturated rings. The van der Waals surface area contributed by atoms with Gasteiger partial charge in [0.2, 0.25) is 5.91 Å². The molecule has 1 rings (SSSR count). The van der Waals surface area contributed by atoms with Crippen molar-refractivity contribution in [3.05, 3.63) is 0 Å². The summed E-state index contributed by atoms with van der Waals surface area (Å²) in [6.45, 7) is 8.56. The van der Waals surface area contributed by atoms with Crippen LogP contribution in [-0.2, 0) is 4.79 Å². The smallest absolute Gasteiger partial charge is 0.230 e. The van der Waals surface area contributed by atoms with Gasteiger partial charge < -0.3 is 10.2 Å². The first-order valence-electron chi connectivity index (χ1n) is 7.46. The molecule has 1 N–H and O–H groups in total. The van der Waals surface area contributed by atoms with E-state index in [0.717, 1.165) is 38.8 Å². The summed E-state index contributed by atoms with van der Waals surface area (Å²) in [6.07, 6.45) is 4.42. The number of nitrogens with one attached hydrogen (secondary N) is 1. The van der Waals surface area contributed by atoms with Crippen LogP contribution in [0, 0.1) is 16.7 Å². The quantitative estimate of drug-likeness (QED) is 0.801. The predicted octanol–water partition coefficient (Wildman–Crippen LogP) is 2.31. The molecule has 1 heterocycles. The van der Waals surface area contributed by atoms with Crippen LogP contribution in [0.1, 0.15) is 52.9 Å². The summed E-state index contributed by atoms with van der Waals surface area (Å²) < 4.78 is 0. The van der Waals surface area contributed by atoms with Gasteiger partial charge in [-0.05, 0) is 39.7 Å². The highest BCUT2D eigenvalue weighted by Gasteiger charge is 2.41. The third-order valence-electron chi connectivity index (χ3n) is 4.00. The lowest BCUT2D eigenvalue weighted by atomic mass is 9.75. The molecule has 4 nitrogen and oxygen atoms in total. The van der Waals surface area contributed by atoms with Crippen molar-refractivity contribution in [3.8, 4) is 6.07 Å². The number of carbonyl (C=O) groups is 1. The van der Waals surface area contributed by atoms with Gasteiger partial charge in [0.1, 0.15) is 0 Å². The number of piperidine rings is 1. The zero-order valence-electron chi connectivity index (χ0n) is 12.5. The molecule has 0 aliphatic carbocycles. The van der Waals surface area contributed by atoms with E-state index < -0.39 is 0 Å². The van der Waals surface area contributed by atoms with Gasteiger partial charge in [-0.2, -0.15) is 5.26 Å². The maximum atomic E-state index is 12.9. The van der Waals surface area contributed by atoms with Crippen LogP contribution >= 0.6 is 0 Å². The summed E-state index contributed by atoms with van der Waals surface area (Å²) in [6, 6.07) is 2.31. The molecule has 0 spiro atoms. The first-order valence-corrected chi connectivity index (χ1v) is 7.46. The van der Waals surface area contributed by atoms with Crippen LogP contribution in [0.2, 0.25) is 0 Å². The zero-order valence-corrected chi connectivity index (χ0v) is 12.5. The second-order valence-corrected chi connectivity index (χ2v) is 5.81. The van der Waals surface area contributed by atoms with Gasteiger partial charge in [-0.25, -0.2) is 0 Å². The van der Waals surface area contributed by atoms with Crippen molar-refractivity contribution in [2.75, 3.05) is 19.6 Å². The normalized spacial score (nSPS) is 23.1. The van der Waals surface area contributed by atoms with Crippen LogP contribution in [0.5, 0.6) is 0 Å². The lowest BCUT2D eigenvalue weighted by Gasteiger charge is -2.41. The van der Waals surface area contributed by atoms with Crippen LogP contribution in [0.25, 0.3) is 0 Å². The zero-order chi connectivity index (χ0) is 14.3. The van der Waals surface area contributed by atoms with Crippen molar-refractivity contribution < 1.29 is 4.79 Å². The van der Waals surface area contributed by atoms with Gasteiger partial charge in [0.25, 0.3) is 0 Å². The second-order valence-electron chi connectivity index (χ2n) is 5.81. The fraction of sp³-hybridized carbons (Fsp3) is 0.867. The molecular weight excluding hydrogens is 238 g/mol. The number of rotatable bonds is 6. The second kappa shape index (κ2) is 7.49. The highest BCUT2D eigenvalue weighted by atomic mass is 16.2. The van der Waals surface area contributed by atoms with Crippen LogP contribution in [0.3, 0.4) is 0 Å². The summed E-state index contributed by atoms with van der Waals surface area (Å²) in [5, 5.41) is 12.1. The largest absolute Gasteiger partial charge is 0.339 e. The number of hydrogen-bond donors (Lipinski definition) is 1. The molecule has 0 saturated carbocycles. The van der Waals surface area contributed by atoms with E-state index in [1.54, 1.807) is 0 Å². The molecular formula is C15H27N3O. The molecule has 0 aromatic heterocycles. The topological polar surface area (TPSA) is 56.1 Å². The Bertz CT molecular complexity index is 321. The standard InChI is InChI=1S/C15H27N3O/c1-4-7-15(8-5-10-17-12-15)14(19)18(13(2)3)11-6-9-16/h13,17H,4-8,10-12H2,1-3H3. The van der Waals surface area contributed by atoms with Gasteiger partial charge in [0, 0.05) is 19.1 Å². The lowest BCUT2D eigenvalue weighted by Crippen LogP contribution is -2.53. The van der Waals surface area contributed by atoms with Gasteiger partial charge in [0.15, 0.2) is 0 Å². The SMILES string of the molecule is CCCC1(C(=O)N(CCC#N)C(C)C)CCCNC1. The molecule has 108 valence electrons. The van der Waals surface area contributed by atoms with E-state index in [0.29, 0.717) is 13.0 Å². The highest BCUT2D eigenvalue weighted by Crippen LogP contribution is 2.34. The first-order chi connectivity index (χ1) is 9.07. The van der Waals surface area contributed by atoms with E-state index in [9.17, 15) is 4.79 Å². The predicted molar refractivity (Wildman–Crippen MR) is 76.5 cm³/mol.